The highest BCUT2D eigenvalue weighted by molar-refractivity contribution is 6.01. The van der Waals surface area contributed by atoms with Gasteiger partial charge in [0, 0.05) is 5.56 Å². The number of methoxy groups -OCH3 is 1. The molecule has 0 spiro atoms. The van der Waals surface area contributed by atoms with Gasteiger partial charge < -0.3 is 10.1 Å². The first kappa shape index (κ1) is 17.5. The average molecular weight is 337 g/mol. The van der Waals surface area contributed by atoms with E-state index in [1.807, 2.05) is 0 Å². The van der Waals surface area contributed by atoms with Crippen LogP contribution in [0.5, 0.6) is 0 Å². The standard InChI is InChI=1S/C17H14F3NO3/c1-24-15(22)10-21-16(23)14-5-3-2-4-13(14)11-6-8-12(9-7-11)17(18,19)20/h2-9H,10H2,1H3,(H,21,23). The van der Waals surface area contributed by atoms with Gasteiger partial charge in [-0.3, -0.25) is 9.59 Å². The number of esters is 1. The number of amides is 1. The maximum absolute atomic E-state index is 12.6. The van der Waals surface area contributed by atoms with Gasteiger partial charge in [-0.15, -0.1) is 0 Å². The van der Waals surface area contributed by atoms with E-state index < -0.39 is 23.6 Å². The summed E-state index contributed by atoms with van der Waals surface area (Å²) in [5.41, 5.74) is 0.417. The number of alkyl halides is 3. The number of hydrogen-bond acceptors (Lipinski definition) is 3. The fourth-order valence-corrected chi connectivity index (χ4v) is 2.09. The maximum Gasteiger partial charge on any atom is 0.416 e. The molecule has 2 rings (SSSR count). The number of benzene rings is 2. The molecule has 0 aromatic heterocycles. The monoisotopic (exact) mass is 337 g/mol. The smallest absolute Gasteiger partial charge is 0.416 e. The predicted octanol–water partition coefficient (Wildman–Crippen LogP) is 3.28. The van der Waals surface area contributed by atoms with Crippen LogP contribution in [0.3, 0.4) is 0 Å². The highest BCUT2D eigenvalue weighted by atomic mass is 19.4. The van der Waals surface area contributed by atoms with E-state index in [-0.39, 0.29) is 12.1 Å². The largest absolute Gasteiger partial charge is 0.468 e. The van der Waals surface area contributed by atoms with Gasteiger partial charge in [0.25, 0.3) is 5.91 Å². The summed E-state index contributed by atoms with van der Waals surface area (Å²) in [7, 11) is 1.20. The molecule has 0 atom stereocenters. The van der Waals surface area contributed by atoms with Gasteiger partial charge in [-0.2, -0.15) is 13.2 Å². The highest BCUT2D eigenvalue weighted by Gasteiger charge is 2.30. The first-order chi connectivity index (χ1) is 11.3. The Morgan fingerprint density at radius 1 is 1.04 bits per heavy atom. The first-order valence-electron chi connectivity index (χ1n) is 6.94. The fourth-order valence-electron chi connectivity index (χ4n) is 2.09. The molecule has 0 bridgehead atoms. The number of nitrogens with one attached hydrogen (secondary N) is 1. The molecule has 1 N–H and O–H groups in total. The number of rotatable bonds is 4. The second-order valence-corrected chi connectivity index (χ2v) is 4.88. The molecule has 7 heteroatoms. The van der Waals surface area contributed by atoms with E-state index >= 15 is 0 Å². The van der Waals surface area contributed by atoms with Crippen LogP contribution in [0.15, 0.2) is 48.5 Å². The van der Waals surface area contributed by atoms with Crippen LogP contribution in [-0.4, -0.2) is 25.5 Å². The van der Waals surface area contributed by atoms with E-state index in [2.05, 4.69) is 10.1 Å². The summed E-state index contributed by atoms with van der Waals surface area (Å²) in [6.45, 7) is -0.295. The van der Waals surface area contributed by atoms with Gasteiger partial charge in [-0.1, -0.05) is 30.3 Å². The topological polar surface area (TPSA) is 55.4 Å². The molecule has 0 aliphatic carbocycles. The molecular formula is C17H14F3NO3. The summed E-state index contributed by atoms with van der Waals surface area (Å²) < 4.78 is 42.3. The Morgan fingerprint density at radius 3 is 2.25 bits per heavy atom. The van der Waals surface area contributed by atoms with Crippen LogP contribution in [0.25, 0.3) is 11.1 Å². The van der Waals surface area contributed by atoms with Crippen molar-refractivity contribution in [3.8, 4) is 11.1 Å². The quantitative estimate of drug-likeness (QED) is 0.871. The number of carbonyl (C=O) groups excluding carboxylic acids is 2. The van der Waals surface area contributed by atoms with Crippen molar-refractivity contribution in [2.75, 3.05) is 13.7 Å². The number of halogens is 3. The summed E-state index contributed by atoms with van der Waals surface area (Å²) in [6.07, 6.45) is -4.42. The lowest BCUT2D eigenvalue weighted by molar-refractivity contribution is -0.139. The van der Waals surface area contributed by atoms with Crippen molar-refractivity contribution in [2.45, 2.75) is 6.18 Å². The van der Waals surface area contributed by atoms with Gasteiger partial charge in [0.05, 0.1) is 12.7 Å². The molecule has 2 aromatic carbocycles. The molecule has 0 aliphatic rings. The van der Waals surface area contributed by atoms with Crippen molar-refractivity contribution < 1.29 is 27.5 Å². The van der Waals surface area contributed by atoms with Crippen molar-refractivity contribution in [3.63, 3.8) is 0 Å². The van der Waals surface area contributed by atoms with Crippen molar-refractivity contribution in [1.29, 1.82) is 0 Å². The minimum absolute atomic E-state index is 0.251. The third-order valence-corrected chi connectivity index (χ3v) is 3.32. The second-order valence-electron chi connectivity index (χ2n) is 4.88. The number of carbonyl (C=O) groups is 2. The van der Waals surface area contributed by atoms with Crippen molar-refractivity contribution in [1.82, 2.24) is 5.32 Å². The van der Waals surface area contributed by atoms with Crippen LogP contribution in [0.2, 0.25) is 0 Å². The van der Waals surface area contributed by atoms with Gasteiger partial charge in [0.2, 0.25) is 0 Å². The summed E-state index contributed by atoms with van der Waals surface area (Å²) in [5.74, 6) is -1.12. The van der Waals surface area contributed by atoms with Gasteiger partial charge >= 0.3 is 12.1 Å². The predicted molar refractivity (Wildman–Crippen MR) is 81.2 cm³/mol. The van der Waals surface area contributed by atoms with Crippen LogP contribution in [0.4, 0.5) is 13.2 Å². The molecule has 126 valence electrons. The first-order valence-corrected chi connectivity index (χ1v) is 6.94. The van der Waals surface area contributed by atoms with Crippen molar-refractivity contribution in [2.24, 2.45) is 0 Å². The van der Waals surface area contributed by atoms with Crippen LogP contribution in [0, 0.1) is 0 Å². The summed E-state index contributed by atoms with van der Waals surface area (Å²) in [6, 6.07) is 11.0. The molecule has 1 amide bonds. The number of ether oxygens (including phenoxy) is 1. The SMILES string of the molecule is COC(=O)CNC(=O)c1ccccc1-c1ccc(C(F)(F)F)cc1. The summed E-state index contributed by atoms with van der Waals surface area (Å²) in [5, 5.41) is 2.40. The van der Waals surface area contributed by atoms with Crippen LogP contribution in [-0.2, 0) is 15.7 Å². The van der Waals surface area contributed by atoms with E-state index in [1.165, 1.54) is 25.3 Å². The number of hydrogen-bond donors (Lipinski definition) is 1. The average Bonchev–Trinajstić information content (AvgIpc) is 2.58. The molecule has 2 aromatic rings. The van der Waals surface area contributed by atoms with Crippen LogP contribution in [0.1, 0.15) is 15.9 Å². The Balaban J connectivity index is 2.28. The Morgan fingerprint density at radius 2 is 1.67 bits per heavy atom. The minimum Gasteiger partial charge on any atom is -0.468 e. The Hall–Kier alpha value is -2.83. The van der Waals surface area contributed by atoms with Gasteiger partial charge in [0.15, 0.2) is 0 Å². The normalized spacial score (nSPS) is 11.0. The lowest BCUT2D eigenvalue weighted by Gasteiger charge is -2.11. The van der Waals surface area contributed by atoms with Gasteiger partial charge in [0.1, 0.15) is 6.54 Å². The lowest BCUT2D eigenvalue weighted by atomic mass is 9.98. The van der Waals surface area contributed by atoms with E-state index in [0.717, 1.165) is 12.1 Å². The third kappa shape index (κ3) is 4.13. The lowest BCUT2D eigenvalue weighted by Crippen LogP contribution is -2.30. The molecule has 0 radical (unpaired) electrons. The molecule has 0 unspecified atom stereocenters. The van der Waals surface area contributed by atoms with Crippen molar-refractivity contribution >= 4 is 11.9 Å². The van der Waals surface area contributed by atoms with E-state index in [4.69, 9.17) is 0 Å². The zero-order chi connectivity index (χ0) is 17.7. The molecule has 4 nitrogen and oxygen atoms in total. The van der Waals surface area contributed by atoms with E-state index in [9.17, 15) is 22.8 Å². The Labute approximate surface area is 136 Å². The van der Waals surface area contributed by atoms with Crippen molar-refractivity contribution in [3.05, 3.63) is 59.7 Å². The van der Waals surface area contributed by atoms with Gasteiger partial charge in [-0.25, -0.2) is 0 Å². The third-order valence-electron chi connectivity index (χ3n) is 3.32. The van der Waals surface area contributed by atoms with E-state index in [1.54, 1.807) is 18.2 Å². The van der Waals surface area contributed by atoms with E-state index in [0.29, 0.717) is 11.1 Å². The Bertz CT molecular complexity index is 739. The molecule has 0 heterocycles. The highest BCUT2D eigenvalue weighted by Crippen LogP contribution is 2.31. The molecule has 0 fully saturated rings. The molecule has 0 saturated heterocycles. The molecule has 0 saturated carbocycles. The summed E-state index contributed by atoms with van der Waals surface area (Å²) in [4.78, 5) is 23.3. The molecule has 24 heavy (non-hydrogen) atoms. The maximum atomic E-state index is 12.6. The zero-order valence-electron chi connectivity index (χ0n) is 12.7. The van der Waals surface area contributed by atoms with Crippen LogP contribution >= 0.6 is 0 Å². The second kappa shape index (κ2) is 7.16. The summed E-state index contributed by atoms with van der Waals surface area (Å²) >= 11 is 0. The molecule has 0 aliphatic heterocycles. The minimum atomic E-state index is -4.42. The van der Waals surface area contributed by atoms with Crippen LogP contribution < -0.4 is 5.32 Å². The Kier molecular flexibility index (Phi) is 5.23. The zero-order valence-corrected chi connectivity index (χ0v) is 12.7. The molecular weight excluding hydrogens is 323 g/mol. The van der Waals surface area contributed by atoms with Gasteiger partial charge in [-0.05, 0) is 29.3 Å². The fraction of sp³-hybridized carbons (Fsp3) is 0.176.